The molecule has 1 saturated carbocycles. The summed E-state index contributed by atoms with van der Waals surface area (Å²) >= 11 is 0. The minimum Gasteiger partial charge on any atom is -0.491 e. The largest absolute Gasteiger partial charge is 0.491 e. The third kappa shape index (κ3) is 3.99. The smallest absolute Gasteiger partial charge is 0.391 e. The van der Waals surface area contributed by atoms with Crippen LogP contribution in [0, 0.1) is 18.3 Å². The zero-order chi connectivity index (χ0) is 23.3. The van der Waals surface area contributed by atoms with Crippen LogP contribution in [0.3, 0.4) is 0 Å². The van der Waals surface area contributed by atoms with E-state index in [1.807, 2.05) is 17.9 Å². The highest BCUT2D eigenvalue weighted by atomic mass is 19.4. The fourth-order valence-corrected chi connectivity index (χ4v) is 5.13. The van der Waals surface area contributed by atoms with E-state index in [1.165, 1.54) is 0 Å². The first-order chi connectivity index (χ1) is 15.0. The molecule has 4 rings (SSSR count). The van der Waals surface area contributed by atoms with Crippen molar-refractivity contribution in [3.63, 3.8) is 0 Å². The number of carboxylic acid groups (broad SMARTS) is 1. The minimum absolute atomic E-state index is 0.0555. The molecule has 10 heteroatoms. The number of hydrogen-bond acceptors (Lipinski definition) is 5. The van der Waals surface area contributed by atoms with Crippen LogP contribution in [0.5, 0.6) is 5.75 Å². The Labute approximate surface area is 184 Å². The van der Waals surface area contributed by atoms with Gasteiger partial charge in [-0.2, -0.15) is 22.8 Å². The number of ether oxygens (including phenoxy) is 1. The van der Waals surface area contributed by atoms with Gasteiger partial charge in [-0.15, -0.1) is 0 Å². The van der Waals surface area contributed by atoms with E-state index < -0.39 is 23.5 Å². The molecule has 0 bridgehead atoms. The summed E-state index contributed by atoms with van der Waals surface area (Å²) in [5.74, 6) is -0.959. The molecule has 176 valence electrons. The van der Waals surface area contributed by atoms with Crippen LogP contribution in [-0.4, -0.2) is 52.0 Å². The van der Waals surface area contributed by atoms with Crippen LogP contribution >= 0.6 is 0 Å². The lowest BCUT2D eigenvalue weighted by Crippen LogP contribution is -2.47. The lowest BCUT2D eigenvalue weighted by molar-refractivity contribution is -0.182. The van der Waals surface area contributed by atoms with Gasteiger partial charge in [0.2, 0.25) is 0 Å². The van der Waals surface area contributed by atoms with E-state index in [0.717, 1.165) is 5.69 Å². The van der Waals surface area contributed by atoms with Crippen LogP contribution in [0.4, 0.5) is 19.0 Å². The van der Waals surface area contributed by atoms with E-state index in [1.54, 1.807) is 18.5 Å². The third-order valence-corrected chi connectivity index (χ3v) is 7.05. The predicted molar refractivity (Wildman–Crippen MR) is 112 cm³/mol. The Morgan fingerprint density at radius 2 is 1.97 bits per heavy atom. The zero-order valence-corrected chi connectivity index (χ0v) is 18.6. The second-order valence-corrected chi connectivity index (χ2v) is 9.37. The monoisotopic (exact) mass is 454 g/mol. The van der Waals surface area contributed by atoms with Gasteiger partial charge >= 0.3 is 12.1 Å². The van der Waals surface area contributed by atoms with E-state index in [0.29, 0.717) is 61.7 Å². The average Bonchev–Trinajstić information content (AvgIpc) is 3.15. The maximum Gasteiger partial charge on any atom is 0.391 e. The van der Waals surface area contributed by atoms with Gasteiger partial charge in [-0.1, -0.05) is 0 Å². The molecular weight excluding hydrogens is 425 g/mol. The van der Waals surface area contributed by atoms with E-state index in [9.17, 15) is 23.1 Å². The van der Waals surface area contributed by atoms with Crippen molar-refractivity contribution in [2.24, 2.45) is 11.3 Å². The Hall–Kier alpha value is -2.52. The molecule has 1 atom stereocenters. The Kier molecular flexibility index (Phi) is 5.75. The van der Waals surface area contributed by atoms with Crippen LogP contribution in [0.2, 0.25) is 0 Å². The normalized spacial score (nSPS) is 27.0. The number of aryl methyl sites for hydroxylation is 1. The lowest BCUT2D eigenvalue weighted by atomic mass is 9.80. The van der Waals surface area contributed by atoms with Crippen molar-refractivity contribution < 1.29 is 27.8 Å². The van der Waals surface area contributed by atoms with Gasteiger partial charge in [-0.3, -0.25) is 4.79 Å². The maximum absolute atomic E-state index is 13.1. The Bertz CT molecular complexity index is 1010. The summed E-state index contributed by atoms with van der Waals surface area (Å²) in [6.07, 6.45) is -1.78. The minimum atomic E-state index is -4.14. The molecule has 3 heterocycles. The van der Waals surface area contributed by atoms with Gasteiger partial charge in [-0.25, -0.2) is 4.98 Å². The van der Waals surface area contributed by atoms with Gasteiger partial charge in [0.25, 0.3) is 0 Å². The molecule has 2 aromatic heterocycles. The summed E-state index contributed by atoms with van der Waals surface area (Å²) in [5, 5.41) is 14.5. The standard InChI is InChI=1S/C22H29F3N4O3/c1-13-18(32-3)19(28-10-4-9-21(2,12-28)20(30)31)29-17(26-13)11-16(27-29)14-5-7-15(8-6-14)22(23,24)25/h11,14-15H,4-10,12H2,1-3H3,(H,30,31)/t14?,15?,21-/m0/s1. The quantitative estimate of drug-likeness (QED) is 0.729. The van der Waals surface area contributed by atoms with E-state index in [4.69, 9.17) is 9.84 Å². The van der Waals surface area contributed by atoms with Gasteiger partial charge in [0, 0.05) is 25.1 Å². The number of fused-ring (bicyclic) bond motifs is 1. The van der Waals surface area contributed by atoms with Crippen molar-refractivity contribution in [3.8, 4) is 5.75 Å². The molecule has 1 aliphatic carbocycles. The highest BCUT2D eigenvalue weighted by Gasteiger charge is 2.42. The first-order valence-corrected chi connectivity index (χ1v) is 11.0. The molecule has 32 heavy (non-hydrogen) atoms. The van der Waals surface area contributed by atoms with Crippen molar-refractivity contribution in [2.45, 2.75) is 64.5 Å². The first-order valence-electron chi connectivity index (χ1n) is 11.0. The van der Waals surface area contributed by atoms with E-state index >= 15 is 0 Å². The number of carboxylic acids is 1. The number of alkyl halides is 3. The SMILES string of the molecule is COc1c(C)nc2cc(C3CCC(C(F)(F)F)CC3)nn2c1N1CCC[C@](C)(C(=O)O)C1. The molecule has 0 radical (unpaired) electrons. The third-order valence-electron chi connectivity index (χ3n) is 7.05. The lowest BCUT2D eigenvalue weighted by Gasteiger charge is -2.39. The zero-order valence-electron chi connectivity index (χ0n) is 18.6. The summed E-state index contributed by atoms with van der Waals surface area (Å²) < 4.78 is 46.5. The van der Waals surface area contributed by atoms with Crippen molar-refractivity contribution in [1.29, 1.82) is 0 Å². The number of nitrogens with zero attached hydrogens (tertiary/aromatic N) is 4. The van der Waals surface area contributed by atoms with Crippen LogP contribution < -0.4 is 9.64 Å². The molecule has 0 amide bonds. The molecule has 1 N–H and O–H groups in total. The number of methoxy groups -OCH3 is 1. The molecule has 0 spiro atoms. The second-order valence-electron chi connectivity index (χ2n) is 9.37. The Balaban J connectivity index is 1.70. The molecule has 2 aliphatic rings. The summed E-state index contributed by atoms with van der Waals surface area (Å²) in [4.78, 5) is 18.5. The van der Waals surface area contributed by atoms with Gasteiger partial charge in [-0.05, 0) is 52.4 Å². The van der Waals surface area contributed by atoms with E-state index in [-0.39, 0.29) is 18.8 Å². The molecule has 7 nitrogen and oxygen atoms in total. The summed E-state index contributed by atoms with van der Waals surface area (Å²) in [6, 6.07) is 1.84. The summed E-state index contributed by atoms with van der Waals surface area (Å²) in [5.41, 5.74) is 1.09. The fourth-order valence-electron chi connectivity index (χ4n) is 5.13. The number of aliphatic carboxylic acids is 1. The Morgan fingerprint density at radius 3 is 2.56 bits per heavy atom. The van der Waals surface area contributed by atoms with Gasteiger partial charge in [0.1, 0.15) is 0 Å². The number of hydrogen-bond donors (Lipinski definition) is 1. The van der Waals surface area contributed by atoms with Crippen LogP contribution in [0.1, 0.15) is 62.8 Å². The fraction of sp³-hybridized carbons (Fsp3) is 0.682. The van der Waals surface area contributed by atoms with Crippen molar-refractivity contribution in [1.82, 2.24) is 14.6 Å². The predicted octanol–water partition coefficient (Wildman–Crippen LogP) is 4.57. The van der Waals surface area contributed by atoms with Gasteiger partial charge in [0.05, 0.1) is 29.8 Å². The highest BCUT2D eigenvalue weighted by molar-refractivity contribution is 5.76. The van der Waals surface area contributed by atoms with Crippen molar-refractivity contribution >= 4 is 17.4 Å². The van der Waals surface area contributed by atoms with Crippen LogP contribution in [0.25, 0.3) is 5.65 Å². The number of anilines is 1. The first kappa shape index (κ1) is 22.7. The number of carbonyl (C=O) groups is 1. The number of rotatable bonds is 4. The van der Waals surface area contributed by atoms with Crippen molar-refractivity contribution in [3.05, 3.63) is 17.5 Å². The van der Waals surface area contributed by atoms with E-state index in [2.05, 4.69) is 4.98 Å². The molecular formula is C22H29F3N4O3. The van der Waals surface area contributed by atoms with Crippen molar-refractivity contribution in [2.75, 3.05) is 25.1 Å². The Morgan fingerprint density at radius 1 is 1.28 bits per heavy atom. The second kappa shape index (κ2) is 8.12. The van der Waals surface area contributed by atoms with Gasteiger partial charge < -0.3 is 14.7 Å². The molecule has 1 aliphatic heterocycles. The molecule has 0 aromatic carbocycles. The van der Waals surface area contributed by atoms with Crippen LogP contribution in [-0.2, 0) is 4.79 Å². The topological polar surface area (TPSA) is 80.0 Å². The molecule has 2 fully saturated rings. The maximum atomic E-state index is 13.1. The molecule has 2 aromatic rings. The average molecular weight is 454 g/mol. The number of aromatic nitrogens is 3. The molecule has 0 unspecified atom stereocenters. The summed E-state index contributed by atoms with van der Waals surface area (Å²) in [6.45, 7) is 4.53. The summed E-state index contributed by atoms with van der Waals surface area (Å²) in [7, 11) is 1.54. The number of halogens is 3. The van der Waals surface area contributed by atoms with Crippen LogP contribution in [0.15, 0.2) is 6.07 Å². The van der Waals surface area contributed by atoms with Gasteiger partial charge in [0.15, 0.2) is 17.2 Å². The number of piperidine rings is 1. The molecule has 1 saturated heterocycles. The highest BCUT2D eigenvalue weighted by Crippen LogP contribution is 2.43.